The summed E-state index contributed by atoms with van der Waals surface area (Å²) >= 11 is 11.4. The van der Waals surface area contributed by atoms with Crippen molar-refractivity contribution in [2.24, 2.45) is 4.99 Å². The van der Waals surface area contributed by atoms with Crippen LogP contribution in [0.3, 0.4) is 0 Å². The van der Waals surface area contributed by atoms with Crippen LogP contribution in [0, 0.1) is 5.82 Å². The van der Waals surface area contributed by atoms with Crippen LogP contribution in [-0.4, -0.2) is 35.4 Å². The molecule has 11 heteroatoms. The van der Waals surface area contributed by atoms with Crippen LogP contribution in [0.15, 0.2) is 23.3 Å². The number of halogens is 6. The van der Waals surface area contributed by atoms with Gasteiger partial charge >= 0.3 is 6.18 Å². The lowest BCUT2D eigenvalue weighted by Gasteiger charge is -2.11. The van der Waals surface area contributed by atoms with Gasteiger partial charge in [0.05, 0.1) is 28.1 Å². The van der Waals surface area contributed by atoms with Gasteiger partial charge in [-0.1, -0.05) is 29.8 Å². The Hall–Kier alpha value is -2.00. The fourth-order valence-corrected chi connectivity index (χ4v) is 2.57. The van der Waals surface area contributed by atoms with Gasteiger partial charge < -0.3 is 16.0 Å². The molecule has 1 aliphatic rings. The molecule has 0 spiro atoms. The van der Waals surface area contributed by atoms with Gasteiger partial charge in [0.1, 0.15) is 17.4 Å². The first-order valence-electron chi connectivity index (χ1n) is 6.76. The van der Waals surface area contributed by atoms with Gasteiger partial charge in [-0.05, 0) is 13.0 Å². The average Bonchev–Trinajstić information content (AvgIpc) is 3.17. The molecule has 1 heterocycles. The number of nitrogens with two attached hydrogens (primary N) is 1. The van der Waals surface area contributed by atoms with Crippen molar-refractivity contribution >= 4 is 46.8 Å². The Kier molecular flexibility index (Phi) is 5.19. The lowest BCUT2D eigenvalue weighted by Crippen LogP contribution is -2.21. The molecular formula is C14H12Cl2F4N4O. The number of anilines is 2. The minimum Gasteiger partial charge on any atom is -0.396 e. The smallest absolute Gasteiger partial charge is 0.396 e. The molecule has 1 amide bonds. The lowest BCUT2D eigenvalue weighted by molar-refractivity contribution is -0.134. The molecule has 1 unspecified atom stereocenters. The predicted octanol–water partition coefficient (Wildman–Crippen LogP) is 3.83. The number of nitrogen functional groups attached to an aromatic ring is 1. The molecule has 0 bridgehead atoms. The number of hydrogen-bond donors (Lipinski definition) is 2. The fourth-order valence-electron chi connectivity index (χ4n) is 2.10. The van der Waals surface area contributed by atoms with E-state index in [-0.39, 0.29) is 15.7 Å². The van der Waals surface area contributed by atoms with E-state index in [4.69, 9.17) is 28.9 Å². The molecule has 0 aromatic heterocycles. The van der Waals surface area contributed by atoms with Gasteiger partial charge in [-0.3, -0.25) is 4.79 Å². The summed E-state index contributed by atoms with van der Waals surface area (Å²) in [6, 6.07) is -1.39. The van der Waals surface area contributed by atoms with Crippen LogP contribution in [-0.2, 0) is 4.79 Å². The molecule has 25 heavy (non-hydrogen) atoms. The van der Waals surface area contributed by atoms with Crippen LogP contribution in [0.1, 0.15) is 6.92 Å². The molecule has 2 rings (SSSR count). The van der Waals surface area contributed by atoms with E-state index in [1.807, 2.05) is 0 Å². The quantitative estimate of drug-likeness (QED) is 0.154. The van der Waals surface area contributed by atoms with E-state index in [0.717, 1.165) is 17.3 Å². The van der Waals surface area contributed by atoms with Gasteiger partial charge in [0.15, 0.2) is 5.82 Å². The second-order valence-corrected chi connectivity index (χ2v) is 6.08. The highest BCUT2D eigenvalue weighted by Gasteiger charge is 2.59. The van der Waals surface area contributed by atoms with E-state index in [1.54, 1.807) is 0 Å². The first kappa shape index (κ1) is 19.3. The fraction of sp³-hybridized carbons (Fsp3) is 0.286. The number of nitrogens with one attached hydrogen (secondary N) is 1. The molecular weight excluding hydrogens is 387 g/mol. The van der Waals surface area contributed by atoms with Gasteiger partial charge in [0.2, 0.25) is 0 Å². The highest BCUT2D eigenvalue weighted by atomic mass is 35.5. The standard InChI is InChI=1S/C14H12Cl2F4N4O/c1-5(22-4-24-6(2)12(24)14(18,19)20)13(25)23-11-9(17)7(15)3-8(16)10(11)21/h3-4,6,12H,1,21H2,2H3,(H,23,25)/b22-4-/t6?,12-,24?/m1/s1. The van der Waals surface area contributed by atoms with Crippen LogP contribution < -0.4 is 11.1 Å². The summed E-state index contributed by atoms with van der Waals surface area (Å²) in [5.41, 5.74) is 4.40. The third-order valence-electron chi connectivity index (χ3n) is 3.55. The number of carbonyl (C=O) groups is 1. The summed E-state index contributed by atoms with van der Waals surface area (Å²) in [5.74, 6) is -1.98. The second-order valence-electron chi connectivity index (χ2n) is 5.26. The number of nitrogens with zero attached hydrogens (tertiary/aromatic N) is 2. The molecule has 0 radical (unpaired) electrons. The van der Waals surface area contributed by atoms with Gasteiger partial charge in [-0.25, -0.2) is 9.38 Å². The van der Waals surface area contributed by atoms with Crippen molar-refractivity contribution in [2.45, 2.75) is 25.2 Å². The van der Waals surface area contributed by atoms with Crippen molar-refractivity contribution in [3.05, 3.63) is 34.2 Å². The van der Waals surface area contributed by atoms with Crippen LogP contribution in [0.5, 0.6) is 0 Å². The van der Waals surface area contributed by atoms with E-state index >= 15 is 0 Å². The molecule has 2 atom stereocenters. The maximum atomic E-state index is 13.9. The number of alkyl halides is 3. The molecule has 3 N–H and O–H groups in total. The number of benzene rings is 1. The van der Waals surface area contributed by atoms with Crippen molar-refractivity contribution in [3.8, 4) is 0 Å². The zero-order valence-electron chi connectivity index (χ0n) is 12.7. The van der Waals surface area contributed by atoms with Crippen LogP contribution >= 0.6 is 23.2 Å². The number of carbonyl (C=O) groups excluding carboxylic acids is 1. The number of hydrogen-bond acceptors (Lipinski definition) is 3. The van der Waals surface area contributed by atoms with Gasteiger partial charge in [0, 0.05) is 0 Å². The van der Waals surface area contributed by atoms with Crippen molar-refractivity contribution in [2.75, 3.05) is 11.1 Å². The summed E-state index contributed by atoms with van der Waals surface area (Å²) in [6.45, 7) is 4.68. The summed E-state index contributed by atoms with van der Waals surface area (Å²) < 4.78 is 51.7. The van der Waals surface area contributed by atoms with Crippen molar-refractivity contribution in [3.63, 3.8) is 0 Å². The molecule has 1 aliphatic heterocycles. The molecule has 1 saturated heterocycles. The van der Waals surface area contributed by atoms with Crippen LogP contribution in [0.25, 0.3) is 0 Å². The zero-order valence-corrected chi connectivity index (χ0v) is 14.2. The third-order valence-corrected chi connectivity index (χ3v) is 4.14. The minimum atomic E-state index is -4.40. The maximum absolute atomic E-state index is 13.9. The van der Waals surface area contributed by atoms with E-state index in [1.165, 1.54) is 6.92 Å². The first-order chi connectivity index (χ1) is 11.4. The zero-order chi connectivity index (χ0) is 19.1. The molecule has 5 nitrogen and oxygen atoms in total. The molecule has 1 fully saturated rings. The summed E-state index contributed by atoms with van der Waals surface area (Å²) in [7, 11) is 0. The molecule has 136 valence electrons. The third kappa shape index (κ3) is 3.98. The molecule has 0 saturated carbocycles. The Morgan fingerprint density at radius 2 is 2.04 bits per heavy atom. The summed E-state index contributed by atoms with van der Waals surface area (Å²) in [5, 5.41) is 1.65. The minimum absolute atomic E-state index is 0.0817. The molecule has 1 aromatic rings. The van der Waals surface area contributed by atoms with Gasteiger partial charge in [-0.2, -0.15) is 13.2 Å². The summed E-state index contributed by atoms with van der Waals surface area (Å²) in [6.07, 6.45) is -3.54. The Morgan fingerprint density at radius 1 is 1.44 bits per heavy atom. The van der Waals surface area contributed by atoms with E-state index in [0.29, 0.717) is 0 Å². The monoisotopic (exact) mass is 398 g/mol. The predicted molar refractivity (Wildman–Crippen MR) is 88.2 cm³/mol. The van der Waals surface area contributed by atoms with E-state index in [2.05, 4.69) is 16.9 Å². The maximum Gasteiger partial charge on any atom is 0.410 e. The topological polar surface area (TPSA) is 70.5 Å². The van der Waals surface area contributed by atoms with Crippen molar-refractivity contribution in [1.82, 2.24) is 4.90 Å². The van der Waals surface area contributed by atoms with Crippen LogP contribution in [0.4, 0.5) is 28.9 Å². The SMILES string of the molecule is C=C(/N=C\N1C(C)[C@@H]1C(F)(F)F)C(=O)Nc1c(N)c(Cl)cc(Cl)c1F. The molecule has 1 aromatic carbocycles. The normalized spacial score (nSPS) is 20.0. The highest BCUT2D eigenvalue weighted by molar-refractivity contribution is 6.37. The number of amides is 1. The Balaban J connectivity index is 2.08. The number of aliphatic imine (C=N–C) groups is 1. The highest BCUT2D eigenvalue weighted by Crippen LogP contribution is 2.40. The van der Waals surface area contributed by atoms with Gasteiger partial charge in [-0.15, -0.1) is 0 Å². The Morgan fingerprint density at radius 3 is 2.56 bits per heavy atom. The lowest BCUT2D eigenvalue weighted by atomic mass is 10.2. The number of rotatable bonds is 4. The van der Waals surface area contributed by atoms with E-state index in [9.17, 15) is 22.4 Å². The van der Waals surface area contributed by atoms with Gasteiger partial charge in [0.25, 0.3) is 5.91 Å². The molecule has 0 aliphatic carbocycles. The van der Waals surface area contributed by atoms with Crippen molar-refractivity contribution in [1.29, 1.82) is 0 Å². The second kappa shape index (κ2) is 6.72. The first-order valence-corrected chi connectivity index (χ1v) is 7.52. The van der Waals surface area contributed by atoms with Crippen LogP contribution in [0.2, 0.25) is 10.0 Å². The largest absolute Gasteiger partial charge is 0.410 e. The Bertz CT molecular complexity index is 740. The van der Waals surface area contributed by atoms with Crippen molar-refractivity contribution < 1.29 is 22.4 Å². The Labute approximate surface area is 150 Å². The van der Waals surface area contributed by atoms with E-state index < -0.39 is 41.4 Å². The average molecular weight is 399 g/mol. The summed E-state index contributed by atoms with van der Waals surface area (Å²) in [4.78, 5) is 16.4.